The lowest BCUT2D eigenvalue weighted by atomic mass is 9.90. The van der Waals surface area contributed by atoms with Crippen LogP contribution in [0, 0.1) is 0 Å². The van der Waals surface area contributed by atoms with Crippen LogP contribution in [0.1, 0.15) is 44.0 Å². The van der Waals surface area contributed by atoms with Gasteiger partial charge in [-0.1, -0.05) is 29.8 Å². The second-order valence-electron chi connectivity index (χ2n) is 6.73. The first-order chi connectivity index (χ1) is 13.6. The highest BCUT2D eigenvalue weighted by Gasteiger charge is 2.17. The van der Waals surface area contributed by atoms with E-state index in [1.54, 1.807) is 24.3 Å². The van der Waals surface area contributed by atoms with Crippen molar-refractivity contribution in [2.75, 3.05) is 10.6 Å². The molecule has 1 aliphatic rings. The number of fused-ring (bicyclic) bond motifs is 1. The molecule has 1 heterocycles. The molecule has 0 atom stereocenters. The maximum absolute atomic E-state index is 12.8. The molecule has 0 saturated carbocycles. The fourth-order valence-corrected chi connectivity index (χ4v) is 4.23. The quantitative estimate of drug-likeness (QED) is 0.572. The predicted molar refractivity (Wildman–Crippen MR) is 115 cm³/mol. The first-order valence-corrected chi connectivity index (χ1v) is 10.4. The number of thiophene rings is 1. The average Bonchev–Trinajstić information content (AvgIpc) is 3.25. The number of amides is 2. The van der Waals surface area contributed by atoms with Gasteiger partial charge >= 0.3 is 0 Å². The third-order valence-electron chi connectivity index (χ3n) is 4.87. The number of nitrogens with one attached hydrogen (secondary N) is 2. The summed E-state index contributed by atoms with van der Waals surface area (Å²) in [7, 11) is 0. The molecular weight excluding hydrogens is 392 g/mol. The van der Waals surface area contributed by atoms with E-state index in [-0.39, 0.29) is 11.8 Å². The number of halogens is 1. The van der Waals surface area contributed by atoms with E-state index >= 15 is 0 Å². The van der Waals surface area contributed by atoms with E-state index in [1.165, 1.54) is 28.9 Å². The van der Waals surface area contributed by atoms with Gasteiger partial charge < -0.3 is 10.6 Å². The minimum atomic E-state index is -0.244. The number of hydrogen-bond donors (Lipinski definition) is 2. The Kier molecular flexibility index (Phi) is 5.46. The SMILES string of the molecule is O=C(Nc1cccc2c1CCCC2)c1ccc(Cl)c(NC(=O)c2cccs2)c1. The van der Waals surface area contributed by atoms with Crippen molar-refractivity contribution < 1.29 is 9.59 Å². The smallest absolute Gasteiger partial charge is 0.265 e. The lowest BCUT2D eigenvalue weighted by molar-refractivity contribution is 0.101. The molecule has 1 aliphatic carbocycles. The number of carbonyl (C=O) groups excluding carboxylic acids is 2. The van der Waals surface area contributed by atoms with E-state index in [2.05, 4.69) is 16.7 Å². The molecule has 2 aromatic carbocycles. The van der Waals surface area contributed by atoms with Crippen LogP contribution in [0.25, 0.3) is 0 Å². The lowest BCUT2D eigenvalue weighted by Crippen LogP contribution is -2.16. The van der Waals surface area contributed by atoms with Crippen LogP contribution in [0.3, 0.4) is 0 Å². The van der Waals surface area contributed by atoms with Gasteiger partial charge in [0.2, 0.25) is 0 Å². The monoisotopic (exact) mass is 410 g/mol. The zero-order chi connectivity index (χ0) is 19.5. The molecular formula is C22H19ClN2O2S. The normalized spacial score (nSPS) is 12.9. The highest BCUT2D eigenvalue weighted by atomic mass is 35.5. The van der Waals surface area contributed by atoms with Crippen LogP contribution >= 0.6 is 22.9 Å². The van der Waals surface area contributed by atoms with Gasteiger partial charge in [-0.25, -0.2) is 0 Å². The second-order valence-corrected chi connectivity index (χ2v) is 8.09. The fourth-order valence-electron chi connectivity index (χ4n) is 3.45. The van der Waals surface area contributed by atoms with Crippen molar-refractivity contribution >= 4 is 46.1 Å². The summed E-state index contributed by atoms with van der Waals surface area (Å²) >= 11 is 7.57. The Balaban J connectivity index is 1.55. The molecule has 3 aromatic rings. The Bertz CT molecular complexity index is 1030. The van der Waals surface area contributed by atoms with Gasteiger partial charge in [0.15, 0.2) is 0 Å². The summed E-state index contributed by atoms with van der Waals surface area (Å²) in [6.45, 7) is 0. The summed E-state index contributed by atoms with van der Waals surface area (Å²) in [5.41, 5.74) is 4.26. The van der Waals surface area contributed by atoms with Gasteiger partial charge in [-0.2, -0.15) is 0 Å². The maximum atomic E-state index is 12.8. The number of rotatable bonds is 4. The predicted octanol–water partition coefficient (Wildman–Crippen LogP) is 5.78. The van der Waals surface area contributed by atoms with E-state index in [9.17, 15) is 9.59 Å². The van der Waals surface area contributed by atoms with Crippen molar-refractivity contribution in [3.8, 4) is 0 Å². The summed E-state index contributed by atoms with van der Waals surface area (Å²) in [5, 5.41) is 8.02. The van der Waals surface area contributed by atoms with Crippen LogP contribution in [-0.2, 0) is 12.8 Å². The largest absolute Gasteiger partial charge is 0.322 e. The lowest BCUT2D eigenvalue weighted by Gasteiger charge is -2.19. The van der Waals surface area contributed by atoms with E-state index in [0.717, 1.165) is 24.9 Å². The Morgan fingerprint density at radius 2 is 1.71 bits per heavy atom. The minimum absolute atomic E-state index is 0.220. The molecule has 0 unspecified atom stereocenters. The molecule has 6 heteroatoms. The highest BCUT2D eigenvalue weighted by molar-refractivity contribution is 7.12. The Morgan fingerprint density at radius 3 is 2.54 bits per heavy atom. The van der Waals surface area contributed by atoms with Gasteiger partial charge in [0.05, 0.1) is 15.6 Å². The number of hydrogen-bond acceptors (Lipinski definition) is 3. The van der Waals surface area contributed by atoms with Crippen LogP contribution in [0.2, 0.25) is 5.02 Å². The van der Waals surface area contributed by atoms with Crippen LogP contribution in [-0.4, -0.2) is 11.8 Å². The van der Waals surface area contributed by atoms with Crippen LogP contribution in [0.4, 0.5) is 11.4 Å². The zero-order valence-electron chi connectivity index (χ0n) is 15.1. The molecule has 1 aromatic heterocycles. The molecule has 28 heavy (non-hydrogen) atoms. The Morgan fingerprint density at radius 1 is 0.893 bits per heavy atom. The van der Waals surface area contributed by atoms with Crippen molar-refractivity contribution in [1.82, 2.24) is 0 Å². The Hall–Kier alpha value is -2.63. The van der Waals surface area contributed by atoms with Gasteiger partial charge in [0.1, 0.15) is 0 Å². The third kappa shape index (κ3) is 3.96. The summed E-state index contributed by atoms with van der Waals surface area (Å²) in [4.78, 5) is 25.7. The van der Waals surface area contributed by atoms with E-state index < -0.39 is 0 Å². The number of aryl methyl sites for hydroxylation is 1. The molecule has 2 N–H and O–H groups in total. The van der Waals surface area contributed by atoms with Crippen molar-refractivity contribution in [1.29, 1.82) is 0 Å². The third-order valence-corrected chi connectivity index (χ3v) is 6.06. The molecule has 4 rings (SSSR count). The van der Waals surface area contributed by atoms with Crippen molar-refractivity contribution in [3.63, 3.8) is 0 Å². The average molecular weight is 411 g/mol. The van der Waals surface area contributed by atoms with Gasteiger partial charge in [-0.3, -0.25) is 9.59 Å². The molecule has 0 radical (unpaired) electrons. The first-order valence-electron chi connectivity index (χ1n) is 9.18. The summed E-state index contributed by atoms with van der Waals surface area (Å²) in [5.74, 6) is -0.464. The van der Waals surface area contributed by atoms with E-state index in [4.69, 9.17) is 11.6 Å². The summed E-state index contributed by atoms with van der Waals surface area (Å²) in [6.07, 6.45) is 4.36. The van der Waals surface area contributed by atoms with Crippen LogP contribution in [0.5, 0.6) is 0 Å². The summed E-state index contributed by atoms with van der Waals surface area (Å²) in [6, 6.07) is 14.5. The molecule has 0 fully saturated rings. The van der Waals surface area contributed by atoms with Crippen LogP contribution < -0.4 is 10.6 Å². The van der Waals surface area contributed by atoms with Crippen molar-refractivity contribution in [3.05, 3.63) is 80.5 Å². The van der Waals surface area contributed by atoms with Gasteiger partial charge in [-0.05, 0) is 72.5 Å². The molecule has 142 valence electrons. The minimum Gasteiger partial charge on any atom is -0.322 e. The van der Waals surface area contributed by atoms with E-state index in [0.29, 0.717) is 21.2 Å². The number of anilines is 2. The highest BCUT2D eigenvalue weighted by Crippen LogP contribution is 2.29. The molecule has 0 aliphatic heterocycles. The van der Waals surface area contributed by atoms with Crippen molar-refractivity contribution in [2.45, 2.75) is 25.7 Å². The molecule has 0 bridgehead atoms. The fraction of sp³-hybridized carbons (Fsp3) is 0.182. The maximum Gasteiger partial charge on any atom is 0.265 e. The van der Waals surface area contributed by atoms with Gasteiger partial charge in [0.25, 0.3) is 11.8 Å². The Labute approximate surface area is 172 Å². The molecule has 0 spiro atoms. The zero-order valence-corrected chi connectivity index (χ0v) is 16.7. The summed E-state index contributed by atoms with van der Waals surface area (Å²) < 4.78 is 0. The van der Waals surface area contributed by atoms with Gasteiger partial charge in [-0.15, -0.1) is 11.3 Å². The van der Waals surface area contributed by atoms with Crippen molar-refractivity contribution in [2.24, 2.45) is 0 Å². The molecule has 4 nitrogen and oxygen atoms in total. The second kappa shape index (κ2) is 8.17. The number of carbonyl (C=O) groups is 2. The topological polar surface area (TPSA) is 58.2 Å². The molecule has 0 saturated heterocycles. The molecule has 2 amide bonds. The number of benzene rings is 2. The van der Waals surface area contributed by atoms with Crippen LogP contribution in [0.15, 0.2) is 53.9 Å². The van der Waals surface area contributed by atoms with E-state index in [1.807, 2.05) is 23.6 Å². The standard InChI is InChI=1S/C22H19ClN2O2S/c23-17-11-10-15(13-19(17)25-22(27)20-9-4-12-28-20)21(26)24-18-8-3-6-14-5-1-2-7-16(14)18/h3-4,6,8-13H,1-2,5,7H2,(H,24,26)(H,25,27). The first kappa shape index (κ1) is 18.7. The van der Waals surface area contributed by atoms with Gasteiger partial charge in [0, 0.05) is 11.3 Å².